The van der Waals surface area contributed by atoms with Gasteiger partial charge < -0.3 is 15.4 Å². The van der Waals surface area contributed by atoms with E-state index in [9.17, 15) is 0 Å². The Balaban J connectivity index is 2.08. The lowest BCUT2D eigenvalue weighted by Gasteiger charge is -2.34. The third-order valence-corrected chi connectivity index (χ3v) is 4.20. The predicted molar refractivity (Wildman–Crippen MR) is 81.0 cm³/mol. The molecule has 1 heterocycles. The molecule has 4 heteroatoms. The van der Waals surface area contributed by atoms with Gasteiger partial charge >= 0.3 is 0 Å². The molecule has 0 atom stereocenters. The van der Waals surface area contributed by atoms with E-state index in [1.165, 1.54) is 24.1 Å². The third kappa shape index (κ3) is 3.62. The van der Waals surface area contributed by atoms with Crippen molar-refractivity contribution in [3.63, 3.8) is 0 Å². The van der Waals surface area contributed by atoms with Crippen molar-refractivity contribution in [2.45, 2.75) is 19.3 Å². The van der Waals surface area contributed by atoms with Gasteiger partial charge in [0.15, 0.2) is 0 Å². The van der Waals surface area contributed by atoms with Crippen LogP contribution in [0.1, 0.15) is 18.4 Å². The molecule has 0 spiro atoms. The van der Waals surface area contributed by atoms with Crippen LogP contribution in [0.25, 0.3) is 0 Å². The molecule has 1 aromatic rings. The lowest BCUT2D eigenvalue weighted by Crippen LogP contribution is -2.35. The average molecular weight is 283 g/mol. The smallest absolute Gasteiger partial charge is 0.0491 e. The lowest BCUT2D eigenvalue weighted by molar-refractivity contribution is 0.139. The van der Waals surface area contributed by atoms with Gasteiger partial charge in [0.2, 0.25) is 0 Å². The van der Waals surface area contributed by atoms with E-state index < -0.39 is 0 Å². The van der Waals surface area contributed by atoms with Gasteiger partial charge in [0.05, 0.1) is 0 Å². The number of nitrogens with zero attached hydrogens (tertiary/aromatic N) is 1. The van der Waals surface area contributed by atoms with Crippen LogP contribution in [0.2, 0.25) is 5.02 Å². The van der Waals surface area contributed by atoms with Crippen LogP contribution in [0.15, 0.2) is 18.2 Å². The molecule has 2 rings (SSSR count). The Labute approximate surface area is 120 Å². The topological polar surface area (TPSA) is 38.5 Å². The molecule has 0 amide bonds. The van der Waals surface area contributed by atoms with Gasteiger partial charge in [-0.1, -0.05) is 17.7 Å². The molecule has 0 unspecified atom stereocenters. The van der Waals surface area contributed by atoms with Crippen LogP contribution in [0.4, 0.5) is 5.69 Å². The maximum Gasteiger partial charge on any atom is 0.0491 e. The molecular weight excluding hydrogens is 260 g/mol. The van der Waals surface area contributed by atoms with Crippen LogP contribution >= 0.6 is 11.6 Å². The summed E-state index contributed by atoms with van der Waals surface area (Å²) in [5, 5.41) is 0.835. The van der Waals surface area contributed by atoms with Crippen molar-refractivity contribution >= 4 is 17.3 Å². The Morgan fingerprint density at radius 2 is 2.11 bits per heavy atom. The molecule has 1 saturated heterocycles. The molecule has 19 heavy (non-hydrogen) atoms. The van der Waals surface area contributed by atoms with Crippen molar-refractivity contribution in [3.8, 4) is 0 Å². The largest absolute Gasteiger partial charge is 0.384 e. The zero-order chi connectivity index (χ0) is 13.7. The summed E-state index contributed by atoms with van der Waals surface area (Å²) in [7, 11) is 1.78. The first-order valence-electron chi connectivity index (χ1n) is 6.97. The summed E-state index contributed by atoms with van der Waals surface area (Å²) in [5.74, 6) is 0.693. The molecule has 1 aromatic carbocycles. The normalized spacial score (nSPS) is 16.9. The highest BCUT2D eigenvalue weighted by Crippen LogP contribution is 2.31. The monoisotopic (exact) mass is 282 g/mol. The molecule has 0 saturated carbocycles. The summed E-state index contributed by atoms with van der Waals surface area (Å²) < 4.78 is 5.25. The molecule has 106 valence electrons. The quantitative estimate of drug-likeness (QED) is 0.902. The summed E-state index contributed by atoms with van der Waals surface area (Å²) in [6, 6.07) is 6.14. The predicted octanol–water partition coefficient (Wildman–Crippen LogP) is 2.70. The number of nitrogens with two attached hydrogens (primary N) is 1. The van der Waals surface area contributed by atoms with Crippen molar-refractivity contribution in [2.75, 3.05) is 38.3 Å². The second-order valence-corrected chi connectivity index (χ2v) is 5.57. The number of methoxy groups -OCH3 is 1. The summed E-state index contributed by atoms with van der Waals surface area (Å²) in [6.07, 6.45) is 3.21. The molecule has 0 radical (unpaired) electrons. The van der Waals surface area contributed by atoms with Gasteiger partial charge in [0.1, 0.15) is 0 Å². The fourth-order valence-electron chi connectivity index (χ4n) is 2.81. The first-order valence-corrected chi connectivity index (χ1v) is 7.35. The molecule has 2 N–H and O–H groups in total. The second kappa shape index (κ2) is 7.13. The molecule has 0 bridgehead atoms. The van der Waals surface area contributed by atoms with Gasteiger partial charge in [-0.3, -0.25) is 0 Å². The van der Waals surface area contributed by atoms with Gasteiger partial charge in [-0.2, -0.15) is 0 Å². The summed E-state index contributed by atoms with van der Waals surface area (Å²) in [6.45, 7) is 3.66. The molecule has 0 aliphatic carbocycles. The third-order valence-electron chi connectivity index (χ3n) is 3.85. The van der Waals surface area contributed by atoms with Gasteiger partial charge in [0.25, 0.3) is 0 Å². The first kappa shape index (κ1) is 14.6. The Bertz CT molecular complexity index is 403. The highest BCUT2D eigenvalue weighted by atomic mass is 35.5. The Kier molecular flexibility index (Phi) is 5.49. The van der Waals surface area contributed by atoms with E-state index in [1.807, 2.05) is 12.1 Å². The number of halogens is 1. The highest BCUT2D eigenvalue weighted by Gasteiger charge is 2.21. The number of hydrogen-bond acceptors (Lipinski definition) is 3. The molecule has 1 aliphatic rings. The first-order chi connectivity index (χ1) is 9.26. The van der Waals surface area contributed by atoms with Gasteiger partial charge in [-0.25, -0.2) is 0 Å². The highest BCUT2D eigenvalue weighted by molar-refractivity contribution is 6.31. The fraction of sp³-hybridized carbons (Fsp3) is 0.600. The van der Waals surface area contributed by atoms with Crippen LogP contribution in [0.3, 0.4) is 0 Å². The minimum absolute atomic E-state index is 0.636. The van der Waals surface area contributed by atoms with E-state index in [1.54, 1.807) is 7.11 Å². The van der Waals surface area contributed by atoms with E-state index in [0.717, 1.165) is 31.1 Å². The SMILES string of the molecule is COCC1CCN(c2cccc(Cl)c2CCN)CC1. The Hall–Kier alpha value is -0.770. The van der Waals surface area contributed by atoms with E-state index in [2.05, 4.69) is 11.0 Å². The minimum atomic E-state index is 0.636. The van der Waals surface area contributed by atoms with Crippen LogP contribution in [0.5, 0.6) is 0 Å². The zero-order valence-corrected chi connectivity index (χ0v) is 12.3. The number of anilines is 1. The number of benzene rings is 1. The van der Waals surface area contributed by atoms with Gasteiger partial charge in [-0.15, -0.1) is 0 Å². The van der Waals surface area contributed by atoms with Crippen LogP contribution in [-0.4, -0.2) is 33.4 Å². The maximum atomic E-state index is 6.30. The summed E-state index contributed by atoms with van der Waals surface area (Å²) in [4.78, 5) is 2.43. The van der Waals surface area contributed by atoms with E-state index >= 15 is 0 Å². The van der Waals surface area contributed by atoms with Crippen LogP contribution < -0.4 is 10.6 Å². The molecule has 0 aromatic heterocycles. The van der Waals surface area contributed by atoms with Gasteiger partial charge in [-0.05, 0) is 49.4 Å². The second-order valence-electron chi connectivity index (χ2n) is 5.16. The summed E-state index contributed by atoms with van der Waals surface area (Å²) >= 11 is 6.30. The van der Waals surface area contributed by atoms with Crippen molar-refractivity contribution < 1.29 is 4.74 Å². The number of rotatable bonds is 5. The number of hydrogen-bond donors (Lipinski definition) is 1. The van der Waals surface area contributed by atoms with E-state index in [4.69, 9.17) is 22.1 Å². The van der Waals surface area contributed by atoms with E-state index in [0.29, 0.717) is 12.5 Å². The molecule has 1 fully saturated rings. The minimum Gasteiger partial charge on any atom is -0.384 e. The van der Waals surface area contributed by atoms with Crippen LogP contribution in [0, 0.1) is 5.92 Å². The van der Waals surface area contributed by atoms with Crippen molar-refractivity contribution in [2.24, 2.45) is 11.7 Å². The Morgan fingerprint density at radius 3 is 2.74 bits per heavy atom. The van der Waals surface area contributed by atoms with Crippen molar-refractivity contribution in [1.82, 2.24) is 0 Å². The lowest BCUT2D eigenvalue weighted by atomic mass is 9.96. The van der Waals surface area contributed by atoms with Crippen molar-refractivity contribution in [3.05, 3.63) is 28.8 Å². The molecular formula is C15H23ClN2O. The number of ether oxygens (including phenoxy) is 1. The van der Waals surface area contributed by atoms with Crippen molar-refractivity contribution in [1.29, 1.82) is 0 Å². The number of piperidine rings is 1. The average Bonchev–Trinajstić information content (AvgIpc) is 2.43. The standard InChI is InChI=1S/C15H23ClN2O/c1-19-11-12-6-9-18(10-7-12)15-4-2-3-14(16)13(15)5-8-17/h2-4,12H,5-11,17H2,1H3. The van der Waals surface area contributed by atoms with Gasteiger partial charge in [0, 0.05) is 37.5 Å². The summed E-state index contributed by atoms with van der Waals surface area (Å²) in [5.41, 5.74) is 8.15. The maximum absolute atomic E-state index is 6.30. The van der Waals surface area contributed by atoms with Crippen LogP contribution in [-0.2, 0) is 11.2 Å². The Morgan fingerprint density at radius 1 is 1.37 bits per heavy atom. The zero-order valence-electron chi connectivity index (χ0n) is 11.6. The fourth-order valence-corrected chi connectivity index (χ4v) is 3.08. The molecule has 1 aliphatic heterocycles. The molecule has 3 nitrogen and oxygen atoms in total. The van der Waals surface area contributed by atoms with E-state index in [-0.39, 0.29) is 0 Å².